The van der Waals surface area contributed by atoms with Crippen LogP contribution in [0.1, 0.15) is 44.7 Å². The summed E-state index contributed by atoms with van der Waals surface area (Å²) in [4.78, 5) is 26.7. The van der Waals surface area contributed by atoms with Gasteiger partial charge in [0.25, 0.3) is 0 Å². The Morgan fingerprint density at radius 3 is 2.09 bits per heavy atom. The van der Waals surface area contributed by atoms with Gasteiger partial charge in [0.2, 0.25) is 15.9 Å². The van der Waals surface area contributed by atoms with Crippen molar-refractivity contribution in [3.8, 4) is 11.8 Å². The fraction of sp³-hybridized carbons (Fsp3) is 0.333. The standard InChI is InChI=1S/C24H27N3O5S/c1-24(2,3)32-23(29)27-16-4-5-21(27)22(28)26-19-12-8-17(9-13-19)6-7-18-10-14-20(15-11-18)33(25,30)31/h8-15,21H,4-5,16H2,1-3H3,(H,26,28)(H2,25,30,31)/t21-/m1/s1. The molecular formula is C24H27N3O5S. The Bertz CT molecular complexity index is 1190. The second-order valence-electron chi connectivity index (χ2n) is 8.72. The van der Waals surface area contributed by atoms with E-state index in [-0.39, 0.29) is 10.8 Å². The summed E-state index contributed by atoms with van der Waals surface area (Å²) < 4.78 is 28.0. The third kappa shape index (κ3) is 6.81. The smallest absolute Gasteiger partial charge is 0.410 e. The van der Waals surface area contributed by atoms with Crippen LogP contribution in [0.2, 0.25) is 0 Å². The second-order valence-corrected chi connectivity index (χ2v) is 10.3. The van der Waals surface area contributed by atoms with E-state index in [4.69, 9.17) is 9.88 Å². The zero-order valence-corrected chi connectivity index (χ0v) is 19.6. The minimum absolute atomic E-state index is 0.0284. The van der Waals surface area contributed by atoms with Gasteiger partial charge in [-0.05, 0) is 82.1 Å². The SMILES string of the molecule is CC(C)(C)OC(=O)N1CCC[C@@H]1C(=O)Nc1ccc(C#Cc2ccc(S(N)(=O)=O)cc2)cc1. The van der Waals surface area contributed by atoms with E-state index in [0.29, 0.717) is 24.2 Å². The third-order valence-electron chi connectivity index (χ3n) is 4.87. The lowest BCUT2D eigenvalue weighted by atomic mass is 10.1. The van der Waals surface area contributed by atoms with Crippen LogP contribution in [0.5, 0.6) is 0 Å². The van der Waals surface area contributed by atoms with Crippen molar-refractivity contribution in [1.82, 2.24) is 4.90 Å². The van der Waals surface area contributed by atoms with Crippen molar-refractivity contribution >= 4 is 27.7 Å². The molecule has 0 radical (unpaired) electrons. The van der Waals surface area contributed by atoms with Crippen molar-refractivity contribution in [2.75, 3.05) is 11.9 Å². The highest BCUT2D eigenvalue weighted by Crippen LogP contribution is 2.22. The molecular weight excluding hydrogens is 442 g/mol. The van der Waals surface area contributed by atoms with Crippen LogP contribution in [0.25, 0.3) is 0 Å². The molecule has 0 bridgehead atoms. The molecule has 8 nitrogen and oxygen atoms in total. The van der Waals surface area contributed by atoms with Crippen LogP contribution in [0.4, 0.5) is 10.5 Å². The lowest BCUT2D eigenvalue weighted by Gasteiger charge is -2.28. The fourth-order valence-corrected chi connectivity index (χ4v) is 3.83. The first-order valence-corrected chi connectivity index (χ1v) is 12.0. The van der Waals surface area contributed by atoms with Gasteiger partial charge in [-0.2, -0.15) is 0 Å². The number of nitrogens with two attached hydrogens (primary N) is 1. The molecule has 2 aromatic carbocycles. The topological polar surface area (TPSA) is 119 Å². The van der Waals surface area contributed by atoms with Crippen molar-refractivity contribution in [1.29, 1.82) is 0 Å². The first-order chi connectivity index (χ1) is 15.4. The molecule has 1 aliphatic rings. The summed E-state index contributed by atoms with van der Waals surface area (Å²) in [7, 11) is -3.74. The van der Waals surface area contributed by atoms with E-state index in [1.165, 1.54) is 17.0 Å². The van der Waals surface area contributed by atoms with Gasteiger partial charge in [-0.1, -0.05) is 11.8 Å². The van der Waals surface area contributed by atoms with E-state index < -0.39 is 27.8 Å². The lowest BCUT2D eigenvalue weighted by molar-refractivity contribution is -0.120. The highest BCUT2D eigenvalue weighted by molar-refractivity contribution is 7.89. The molecule has 1 aliphatic heterocycles. The number of amides is 2. The van der Waals surface area contributed by atoms with Gasteiger partial charge in [-0.25, -0.2) is 18.4 Å². The molecule has 9 heteroatoms. The van der Waals surface area contributed by atoms with Gasteiger partial charge in [0.1, 0.15) is 11.6 Å². The van der Waals surface area contributed by atoms with E-state index >= 15 is 0 Å². The van der Waals surface area contributed by atoms with Crippen LogP contribution in [0.3, 0.4) is 0 Å². The minimum Gasteiger partial charge on any atom is -0.444 e. The summed E-state index contributed by atoms with van der Waals surface area (Å²) in [5.74, 6) is 5.68. The highest BCUT2D eigenvalue weighted by atomic mass is 32.2. The number of rotatable bonds is 3. The molecule has 33 heavy (non-hydrogen) atoms. The number of carbonyl (C=O) groups excluding carboxylic acids is 2. The van der Waals surface area contributed by atoms with Gasteiger partial charge >= 0.3 is 6.09 Å². The maximum Gasteiger partial charge on any atom is 0.410 e. The maximum absolute atomic E-state index is 12.7. The Morgan fingerprint density at radius 1 is 1.03 bits per heavy atom. The molecule has 174 valence electrons. The second kappa shape index (κ2) is 9.65. The van der Waals surface area contributed by atoms with Crippen LogP contribution >= 0.6 is 0 Å². The predicted octanol–water partition coefficient (Wildman–Crippen LogP) is 3.07. The molecule has 3 rings (SSSR count). The molecule has 1 heterocycles. The van der Waals surface area contributed by atoms with Crippen molar-refractivity contribution in [2.24, 2.45) is 5.14 Å². The number of ether oxygens (including phenoxy) is 1. The first-order valence-electron chi connectivity index (χ1n) is 10.5. The van der Waals surface area contributed by atoms with Gasteiger partial charge in [-0.15, -0.1) is 0 Å². The molecule has 1 atom stereocenters. The Hall–Kier alpha value is -3.35. The molecule has 2 amide bonds. The van der Waals surface area contributed by atoms with E-state index in [0.717, 1.165) is 12.0 Å². The summed E-state index contributed by atoms with van der Waals surface area (Å²) in [5, 5.41) is 7.94. The van der Waals surface area contributed by atoms with E-state index in [1.807, 2.05) is 0 Å². The van der Waals surface area contributed by atoms with Crippen LogP contribution < -0.4 is 10.5 Å². The number of sulfonamides is 1. The van der Waals surface area contributed by atoms with E-state index in [2.05, 4.69) is 17.2 Å². The van der Waals surface area contributed by atoms with Gasteiger partial charge in [0, 0.05) is 23.4 Å². The van der Waals surface area contributed by atoms with Crippen molar-refractivity contribution in [3.63, 3.8) is 0 Å². The third-order valence-corrected chi connectivity index (χ3v) is 5.80. The average Bonchev–Trinajstić information content (AvgIpc) is 3.22. The Morgan fingerprint density at radius 2 is 1.58 bits per heavy atom. The minimum atomic E-state index is -3.74. The highest BCUT2D eigenvalue weighted by Gasteiger charge is 2.36. The van der Waals surface area contributed by atoms with Crippen molar-refractivity contribution < 1.29 is 22.7 Å². The lowest BCUT2D eigenvalue weighted by Crippen LogP contribution is -2.45. The fourth-order valence-electron chi connectivity index (χ4n) is 3.31. The number of nitrogens with zero attached hydrogens (tertiary/aromatic N) is 1. The summed E-state index contributed by atoms with van der Waals surface area (Å²) in [6.07, 6.45) is 0.839. The number of anilines is 1. The summed E-state index contributed by atoms with van der Waals surface area (Å²) >= 11 is 0. The molecule has 1 fully saturated rings. The molecule has 0 unspecified atom stereocenters. The first kappa shape index (κ1) is 24.3. The van der Waals surface area contributed by atoms with Gasteiger partial charge in [0.05, 0.1) is 4.90 Å². The number of hydrogen-bond acceptors (Lipinski definition) is 5. The van der Waals surface area contributed by atoms with Crippen molar-refractivity contribution in [2.45, 2.75) is 50.2 Å². The largest absolute Gasteiger partial charge is 0.444 e. The van der Waals surface area contributed by atoms with Crippen LogP contribution in [-0.4, -0.2) is 43.5 Å². The maximum atomic E-state index is 12.7. The molecule has 0 aliphatic carbocycles. The normalized spacial score (nSPS) is 16.0. The zero-order chi connectivity index (χ0) is 24.2. The average molecular weight is 470 g/mol. The summed E-state index contributed by atoms with van der Waals surface area (Å²) in [6.45, 7) is 5.86. The van der Waals surface area contributed by atoms with Crippen molar-refractivity contribution in [3.05, 3.63) is 59.7 Å². The van der Waals surface area contributed by atoms with E-state index in [9.17, 15) is 18.0 Å². The van der Waals surface area contributed by atoms with Crippen LogP contribution in [0, 0.1) is 11.8 Å². The van der Waals surface area contributed by atoms with Gasteiger partial charge < -0.3 is 10.1 Å². The molecule has 0 saturated carbocycles. The molecule has 3 N–H and O–H groups in total. The number of likely N-dealkylation sites (tertiary alicyclic amines) is 1. The van der Waals surface area contributed by atoms with E-state index in [1.54, 1.807) is 57.2 Å². The number of carbonyl (C=O) groups is 2. The van der Waals surface area contributed by atoms with Crippen LogP contribution in [0.15, 0.2) is 53.4 Å². The number of nitrogens with one attached hydrogen (secondary N) is 1. The zero-order valence-electron chi connectivity index (χ0n) is 18.8. The predicted molar refractivity (Wildman–Crippen MR) is 125 cm³/mol. The Labute approximate surface area is 194 Å². The summed E-state index contributed by atoms with van der Waals surface area (Å²) in [5.41, 5.74) is 1.34. The summed E-state index contributed by atoms with van der Waals surface area (Å²) in [6, 6.07) is 12.4. The van der Waals surface area contributed by atoms with Gasteiger partial charge in [-0.3, -0.25) is 9.69 Å². The number of primary sulfonamides is 1. The molecule has 0 spiro atoms. The Kier molecular flexibility index (Phi) is 7.10. The van der Waals surface area contributed by atoms with Gasteiger partial charge in [0.15, 0.2) is 0 Å². The van der Waals surface area contributed by atoms with Crippen LogP contribution in [-0.2, 0) is 19.6 Å². The number of hydrogen-bond donors (Lipinski definition) is 2. The molecule has 0 aromatic heterocycles. The quantitative estimate of drug-likeness (QED) is 0.670. The monoisotopic (exact) mass is 469 g/mol. The molecule has 2 aromatic rings. The number of benzene rings is 2. The molecule has 1 saturated heterocycles. The Balaban J connectivity index is 1.62.